The monoisotopic (exact) mass is 415 g/mol. The van der Waals surface area contributed by atoms with Gasteiger partial charge in [0.25, 0.3) is 5.56 Å². The normalized spacial score (nSPS) is 11.2. The highest BCUT2D eigenvalue weighted by Crippen LogP contribution is 2.30. The van der Waals surface area contributed by atoms with Gasteiger partial charge in [-0.3, -0.25) is 14.9 Å². The zero-order valence-corrected chi connectivity index (χ0v) is 17.1. The highest BCUT2D eigenvalue weighted by atomic mass is 16.5. The molecule has 0 saturated carbocycles. The Bertz CT molecular complexity index is 1290. The van der Waals surface area contributed by atoms with Crippen LogP contribution in [-0.4, -0.2) is 26.5 Å². The number of ether oxygens (including phenoxy) is 1. The van der Waals surface area contributed by atoms with E-state index in [0.717, 1.165) is 11.1 Å². The average molecular weight is 415 g/mol. The molecule has 0 aliphatic heterocycles. The standard InChI is InChI=1S/C23H21N5O3/c1-3-31-21-7-5-4-6-20(21)25-26-22-15(2)27-28(23(22)30)18-12-17(13-19(29)14-18)16-8-10-24-11-9-16/h4-14,27,29H,3H2,1-2H3. The Labute approximate surface area is 178 Å². The van der Waals surface area contributed by atoms with Gasteiger partial charge in [0.05, 0.1) is 18.0 Å². The van der Waals surface area contributed by atoms with E-state index in [1.165, 1.54) is 10.7 Å². The predicted octanol–water partition coefficient (Wildman–Crippen LogP) is 5.06. The maximum atomic E-state index is 13.0. The van der Waals surface area contributed by atoms with Crippen molar-refractivity contribution in [2.45, 2.75) is 13.8 Å². The van der Waals surface area contributed by atoms with Crippen LogP contribution in [0.4, 0.5) is 11.4 Å². The van der Waals surface area contributed by atoms with E-state index in [-0.39, 0.29) is 17.0 Å². The van der Waals surface area contributed by atoms with Gasteiger partial charge in [0.15, 0.2) is 5.69 Å². The number of aryl methyl sites for hydroxylation is 1. The van der Waals surface area contributed by atoms with E-state index in [9.17, 15) is 9.90 Å². The minimum absolute atomic E-state index is 0.0392. The second-order valence-corrected chi connectivity index (χ2v) is 6.80. The first kappa shape index (κ1) is 20.1. The first-order chi connectivity index (χ1) is 15.1. The molecule has 0 bridgehead atoms. The van der Waals surface area contributed by atoms with Crippen molar-refractivity contribution in [2.24, 2.45) is 10.2 Å². The molecule has 2 N–H and O–H groups in total. The number of phenols is 1. The van der Waals surface area contributed by atoms with Gasteiger partial charge >= 0.3 is 0 Å². The SMILES string of the molecule is CCOc1ccccc1N=Nc1c(C)[nH]n(-c2cc(O)cc(-c3ccncc3)c2)c1=O. The van der Waals surface area contributed by atoms with Crippen molar-refractivity contribution in [3.63, 3.8) is 0 Å². The van der Waals surface area contributed by atoms with Gasteiger partial charge in [-0.25, -0.2) is 4.68 Å². The molecule has 0 unspecified atom stereocenters. The van der Waals surface area contributed by atoms with Crippen LogP contribution in [0, 0.1) is 6.92 Å². The first-order valence-corrected chi connectivity index (χ1v) is 9.77. The summed E-state index contributed by atoms with van der Waals surface area (Å²) in [6.07, 6.45) is 3.34. The van der Waals surface area contributed by atoms with Gasteiger partial charge in [0.2, 0.25) is 0 Å². The number of hydrogen-bond acceptors (Lipinski definition) is 6. The molecule has 156 valence electrons. The van der Waals surface area contributed by atoms with Crippen molar-refractivity contribution in [3.8, 4) is 28.3 Å². The van der Waals surface area contributed by atoms with E-state index in [1.54, 1.807) is 43.6 Å². The van der Waals surface area contributed by atoms with Crippen LogP contribution in [0.25, 0.3) is 16.8 Å². The number of H-pyrrole nitrogens is 1. The molecule has 0 aliphatic rings. The minimum atomic E-state index is -0.374. The number of aromatic nitrogens is 3. The second kappa shape index (κ2) is 8.66. The van der Waals surface area contributed by atoms with Gasteiger partial charge < -0.3 is 9.84 Å². The van der Waals surface area contributed by atoms with Crippen molar-refractivity contribution in [1.29, 1.82) is 0 Å². The summed E-state index contributed by atoms with van der Waals surface area (Å²) in [4.78, 5) is 17.0. The minimum Gasteiger partial charge on any atom is -0.508 e. The molecule has 0 radical (unpaired) electrons. The highest BCUT2D eigenvalue weighted by Gasteiger charge is 2.14. The molecule has 0 atom stereocenters. The van der Waals surface area contributed by atoms with Crippen LogP contribution in [0.2, 0.25) is 0 Å². The Morgan fingerprint density at radius 1 is 1.06 bits per heavy atom. The molecule has 8 heteroatoms. The number of hydrogen-bond donors (Lipinski definition) is 2. The number of aromatic amines is 1. The lowest BCUT2D eigenvalue weighted by molar-refractivity contribution is 0.341. The Morgan fingerprint density at radius 2 is 1.84 bits per heavy atom. The van der Waals surface area contributed by atoms with Crippen LogP contribution in [0.15, 0.2) is 82.0 Å². The molecule has 2 aromatic carbocycles. The number of nitrogens with one attached hydrogen (secondary N) is 1. The topological polar surface area (TPSA) is 105 Å². The molecule has 0 spiro atoms. The molecule has 31 heavy (non-hydrogen) atoms. The van der Waals surface area contributed by atoms with Gasteiger partial charge in [-0.1, -0.05) is 12.1 Å². The molecule has 0 amide bonds. The summed E-state index contributed by atoms with van der Waals surface area (Å²) in [5.74, 6) is 0.634. The third-order valence-electron chi connectivity index (χ3n) is 4.64. The molecule has 8 nitrogen and oxygen atoms in total. The number of pyridine rings is 1. The van der Waals surface area contributed by atoms with Gasteiger partial charge in [0, 0.05) is 18.5 Å². The highest BCUT2D eigenvalue weighted by molar-refractivity contribution is 5.67. The lowest BCUT2D eigenvalue weighted by Gasteiger charge is -2.07. The maximum Gasteiger partial charge on any atom is 0.299 e. The van der Waals surface area contributed by atoms with Crippen molar-refractivity contribution in [1.82, 2.24) is 14.8 Å². The van der Waals surface area contributed by atoms with E-state index in [4.69, 9.17) is 4.74 Å². The molecule has 2 heterocycles. The van der Waals surface area contributed by atoms with E-state index in [2.05, 4.69) is 20.3 Å². The zero-order valence-electron chi connectivity index (χ0n) is 17.1. The smallest absolute Gasteiger partial charge is 0.299 e. The molecular formula is C23H21N5O3. The van der Waals surface area contributed by atoms with Gasteiger partial charge in [0.1, 0.15) is 17.2 Å². The summed E-state index contributed by atoms with van der Waals surface area (Å²) in [7, 11) is 0. The summed E-state index contributed by atoms with van der Waals surface area (Å²) in [5, 5.41) is 21.6. The number of para-hydroxylation sites is 1. The Morgan fingerprint density at radius 3 is 2.61 bits per heavy atom. The van der Waals surface area contributed by atoms with Crippen LogP contribution >= 0.6 is 0 Å². The summed E-state index contributed by atoms with van der Waals surface area (Å²) in [6.45, 7) is 4.13. The van der Waals surface area contributed by atoms with Crippen molar-refractivity contribution in [2.75, 3.05) is 6.61 Å². The fraction of sp³-hybridized carbons (Fsp3) is 0.130. The summed E-state index contributed by atoms with van der Waals surface area (Å²) < 4.78 is 6.89. The Balaban J connectivity index is 1.73. The van der Waals surface area contributed by atoms with E-state index in [0.29, 0.717) is 29.4 Å². The Hall–Kier alpha value is -4.20. The number of azo groups is 1. The molecular weight excluding hydrogens is 394 g/mol. The summed E-state index contributed by atoms with van der Waals surface area (Å²) in [6, 6.07) is 15.8. The molecule has 4 rings (SSSR count). The van der Waals surface area contributed by atoms with Gasteiger partial charge in [-0.2, -0.15) is 0 Å². The van der Waals surface area contributed by atoms with Crippen LogP contribution in [0.3, 0.4) is 0 Å². The van der Waals surface area contributed by atoms with Crippen molar-refractivity contribution < 1.29 is 9.84 Å². The zero-order chi connectivity index (χ0) is 21.8. The maximum absolute atomic E-state index is 13.0. The molecule has 0 aliphatic carbocycles. The predicted molar refractivity (Wildman–Crippen MR) is 118 cm³/mol. The number of aromatic hydroxyl groups is 1. The second-order valence-electron chi connectivity index (χ2n) is 6.80. The average Bonchev–Trinajstić information content (AvgIpc) is 3.07. The molecule has 0 saturated heterocycles. The number of rotatable bonds is 6. The Kier molecular flexibility index (Phi) is 5.61. The lowest BCUT2D eigenvalue weighted by Crippen LogP contribution is -2.14. The fourth-order valence-corrected chi connectivity index (χ4v) is 3.19. The van der Waals surface area contributed by atoms with Crippen molar-refractivity contribution in [3.05, 3.63) is 83.0 Å². The third-order valence-corrected chi connectivity index (χ3v) is 4.64. The number of benzene rings is 2. The molecule has 0 fully saturated rings. The van der Waals surface area contributed by atoms with Crippen LogP contribution in [0.1, 0.15) is 12.6 Å². The van der Waals surface area contributed by atoms with E-state index < -0.39 is 0 Å². The fourth-order valence-electron chi connectivity index (χ4n) is 3.19. The van der Waals surface area contributed by atoms with Crippen LogP contribution in [0.5, 0.6) is 11.5 Å². The molecule has 2 aromatic heterocycles. The number of nitrogens with zero attached hydrogens (tertiary/aromatic N) is 4. The van der Waals surface area contributed by atoms with Crippen LogP contribution in [-0.2, 0) is 0 Å². The third kappa shape index (κ3) is 4.23. The summed E-state index contributed by atoms with van der Waals surface area (Å²) >= 11 is 0. The number of phenolic OH excluding ortho intramolecular Hbond substituents is 1. The van der Waals surface area contributed by atoms with Crippen molar-refractivity contribution >= 4 is 11.4 Å². The lowest BCUT2D eigenvalue weighted by atomic mass is 10.1. The van der Waals surface area contributed by atoms with Gasteiger partial charge in [-0.05, 0) is 61.4 Å². The van der Waals surface area contributed by atoms with E-state index >= 15 is 0 Å². The largest absolute Gasteiger partial charge is 0.508 e. The first-order valence-electron chi connectivity index (χ1n) is 9.77. The molecule has 4 aromatic rings. The summed E-state index contributed by atoms with van der Waals surface area (Å²) in [5.41, 5.74) is 3.00. The van der Waals surface area contributed by atoms with Crippen LogP contribution < -0.4 is 10.3 Å². The van der Waals surface area contributed by atoms with Gasteiger partial charge in [-0.15, -0.1) is 10.2 Å². The quantitative estimate of drug-likeness (QED) is 0.430. The van der Waals surface area contributed by atoms with E-state index in [1.807, 2.05) is 31.2 Å².